The van der Waals surface area contributed by atoms with Gasteiger partial charge in [0, 0.05) is 16.1 Å². The van der Waals surface area contributed by atoms with Gasteiger partial charge in [0.25, 0.3) is 9.05 Å². The topological polar surface area (TPSA) is 62.8 Å². The first-order valence-electron chi connectivity index (χ1n) is 3.46. The quantitative estimate of drug-likeness (QED) is 0.735. The zero-order valence-electron chi connectivity index (χ0n) is 6.36. The van der Waals surface area contributed by atoms with E-state index in [2.05, 4.69) is 10.2 Å². The van der Waals surface area contributed by atoms with Gasteiger partial charge in [0.05, 0.1) is 16.6 Å². The summed E-state index contributed by atoms with van der Waals surface area (Å²) in [5.74, 6) is 0. The fourth-order valence-corrected chi connectivity index (χ4v) is 2.22. The van der Waals surface area contributed by atoms with Crippen LogP contribution in [0, 0.1) is 0 Å². The molecular formula is C7H5ClN2O2S. The molecule has 0 spiro atoms. The van der Waals surface area contributed by atoms with E-state index < -0.39 is 9.05 Å². The van der Waals surface area contributed by atoms with E-state index >= 15 is 0 Å². The van der Waals surface area contributed by atoms with Crippen molar-refractivity contribution < 1.29 is 8.42 Å². The number of halogens is 1. The summed E-state index contributed by atoms with van der Waals surface area (Å²) in [6, 6.07) is 4.78. The molecule has 0 unspecified atom stereocenters. The Morgan fingerprint density at radius 3 is 2.85 bits per heavy atom. The van der Waals surface area contributed by atoms with Gasteiger partial charge < -0.3 is 0 Å². The minimum absolute atomic E-state index is 0.0837. The molecule has 13 heavy (non-hydrogen) atoms. The lowest BCUT2D eigenvalue weighted by atomic mass is 10.3. The van der Waals surface area contributed by atoms with Crippen LogP contribution in [0.1, 0.15) is 0 Å². The Balaban J connectivity index is 2.91. The first-order chi connectivity index (χ1) is 6.09. The summed E-state index contributed by atoms with van der Waals surface area (Å²) in [4.78, 5) is 0.0837. The van der Waals surface area contributed by atoms with Gasteiger partial charge in [0.1, 0.15) is 0 Å². The molecule has 0 aliphatic carbocycles. The van der Waals surface area contributed by atoms with Crippen molar-refractivity contribution in [1.29, 1.82) is 0 Å². The molecule has 0 atom stereocenters. The van der Waals surface area contributed by atoms with E-state index in [1.54, 1.807) is 12.1 Å². The standard InChI is InChI=1S/C7H5ClN2O2S/c8-13(11,12)7-3-1-2-6-5(7)4-9-10-6/h1-4H,(H,9,10). The third-order valence-corrected chi connectivity index (χ3v) is 3.09. The molecule has 1 N–H and O–H groups in total. The van der Waals surface area contributed by atoms with Crippen molar-refractivity contribution in [2.24, 2.45) is 0 Å². The fourth-order valence-electron chi connectivity index (χ4n) is 1.15. The molecule has 0 saturated carbocycles. The Kier molecular flexibility index (Phi) is 1.78. The normalized spacial score (nSPS) is 12.1. The van der Waals surface area contributed by atoms with Crippen molar-refractivity contribution in [2.75, 3.05) is 0 Å². The summed E-state index contributed by atoms with van der Waals surface area (Å²) in [5, 5.41) is 6.90. The van der Waals surface area contributed by atoms with E-state index in [-0.39, 0.29) is 4.90 Å². The number of aromatic nitrogens is 2. The van der Waals surface area contributed by atoms with Gasteiger partial charge in [0.2, 0.25) is 0 Å². The molecular weight excluding hydrogens is 212 g/mol. The van der Waals surface area contributed by atoms with Crippen LogP contribution in [0.5, 0.6) is 0 Å². The Hall–Kier alpha value is -1.07. The van der Waals surface area contributed by atoms with E-state index in [0.717, 1.165) is 0 Å². The van der Waals surface area contributed by atoms with Gasteiger partial charge in [-0.1, -0.05) is 6.07 Å². The number of fused-ring (bicyclic) bond motifs is 1. The third-order valence-electron chi connectivity index (χ3n) is 1.71. The highest BCUT2D eigenvalue weighted by Gasteiger charge is 2.14. The fraction of sp³-hybridized carbons (Fsp3) is 0. The number of aromatic amines is 1. The smallest absolute Gasteiger partial charge is 0.262 e. The second kappa shape index (κ2) is 2.71. The van der Waals surface area contributed by atoms with Gasteiger partial charge in [-0.15, -0.1) is 0 Å². The molecule has 0 radical (unpaired) electrons. The largest absolute Gasteiger partial charge is 0.278 e. The molecule has 2 rings (SSSR count). The summed E-state index contributed by atoms with van der Waals surface area (Å²) >= 11 is 0. The lowest BCUT2D eigenvalue weighted by molar-refractivity contribution is 0.610. The van der Waals surface area contributed by atoms with Crippen LogP contribution in [0.15, 0.2) is 29.3 Å². The number of benzene rings is 1. The molecule has 1 aromatic heterocycles. The number of hydrogen-bond donors (Lipinski definition) is 1. The van der Waals surface area contributed by atoms with Crippen LogP contribution in [0.25, 0.3) is 10.9 Å². The molecule has 6 heteroatoms. The molecule has 4 nitrogen and oxygen atoms in total. The molecule has 1 heterocycles. The first-order valence-corrected chi connectivity index (χ1v) is 5.77. The van der Waals surface area contributed by atoms with Crippen LogP contribution in [0.4, 0.5) is 0 Å². The number of hydrogen-bond acceptors (Lipinski definition) is 3. The highest BCUT2D eigenvalue weighted by atomic mass is 35.7. The van der Waals surface area contributed by atoms with Gasteiger partial charge in [-0.05, 0) is 12.1 Å². The van der Waals surface area contributed by atoms with E-state index in [1.807, 2.05) is 0 Å². The van der Waals surface area contributed by atoms with Crippen LogP contribution in [0.3, 0.4) is 0 Å². The van der Waals surface area contributed by atoms with E-state index in [9.17, 15) is 8.42 Å². The maximum atomic E-state index is 11.1. The van der Waals surface area contributed by atoms with Crippen LogP contribution in [0.2, 0.25) is 0 Å². The first kappa shape index (κ1) is 8.52. The zero-order valence-corrected chi connectivity index (χ0v) is 7.93. The molecule has 0 aliphatic rings. The van der Waals surface area contributed by atoms with Gasteiger partial charge in [-0.2, -0.15) is 5.10 Å². The Bertz CT molecular complexity index is 546. The van der Waals surface area contributed by atoms with Crippen LogP contribution >= 0.6 is 10.7 Å². The molecule has 68 valence electrons. The average molecular weight is 217 g/mol. The van der Waals surface area contributed by atoms with Crippen molar-refractivity contribution in [1.82, 2.24) is 10.2 Å². The molecule has 2 aromatic rings. The van der Waals surface area contributed by atoms with Crippen molar-refractivity contribution in [3.05, 3.63) is 24.4 Å². The molecule has 0 amide bonds. The van der Waals surface area contributed by atoms with Crippen molar-refractivity contribution >= 4 is 30.6 Å². The maximum absolute atomic E-state index is 11.1. The summed E-state index contributed by atoms with van der Waals surface area (Å²) in [7, 11) is 1.54. The SMILES string of the molecule is O=S(=O)(Cl)c1cccc2[nH]ncc12. The highest BCUT2D eigenvalue weighted by molar-refractivity contribution is 8.14. The predicted octanol–water partition coefficient (Wildman–Crippen LogP) is 1.49. The molecule has 1 aromatic carbocycles. The zero-order chi connectivity index (χ0) is 9.47. The van der Waals surface area contributed by atoms with Crippen molar-refractivity contribution in [3.63, 3.8) is 0 Å². The van der Waals surface area contributed by atoms with E-state index in [4.69, 9.17) is 10.7 Å². The number of nitrogens with zero attached hydrogens (tertiary/aromatic N) is 1. The predicted molar refractivity (Wildman–Crippen MR) is 49.1 cm³/mol. The second-order valence-electron chi connectivity index (χ2n) is 2.53. The van der Waals surface area contributed by atoms with Crippen LogP contribution in [-0.2, 0) is 9.05 Å². The summed E-state index contributed by atoms with van der Waals surface area (Å²) in [5.41, 5.74) is 0.654. The van der Waals surface area contributed by atoms with Gasteiger partial charge >= 0.3 is 0 Å². The Morgan fingerprint density at radius 1 is 1.38 bits per heavy atom. The highest BCUT2D eigenvalue weighted by Crippen LogP contribution is 2.23. The van der Waals surface area contributed by atoms with Gasteiger partial charge in [-0.25, -0.2) is 8.42 Å². The average Bonchev–Trinajstić information content (AvgIpc) is 2.48. The molecule has 0 saturated heterocycles. The summed E-state index contributed by atoms with van der Waals surface area (Å²) in [6.45, 7) is 0. The number of nitrogens with one attached hydrogen (secondary N) is 1. The Morgan fingerprint density at radius 2 is 2.15 bits per heavy atom. The summed E-state index contributed by atoms with van der Waals surface area (Å²) < 4.78 is 22.1. The van der Waals surface area contributed by atoms with E-state index in [1.165, 1.54) is 12.3 Å². The molecule has 0 bridgehead atoms. The number of rotatable bonds is 1. The third kappa shape index (κ3) is 1.40. The Labute approximate surface area is 78.9 Å². The van der Waals surface area contributed by atoms with Crippen LogP contribution in [-0.4, -0.2) is 18.6 Å². The van der Waals surface area contributed by atoms with Crippen LogP contribution < -0.4 is 0 Å². The number of H-pyrrole nitrogens is 1. The monoisotopic (exact) mass is 216 g/mol. The van der Waals surface area contributed by atoms with Gasteiger partial charge in [-0.3, -0.25) is 5.10 Å². The van der Waals surface area contributed by atoms with Gasteiger partial charge in [0.15, 0.2) is 0 Å². The summed E-state index contributed by atoms with van der Waals surface area (Å²) in [6.07, 6.45) is 1.44. The van der Waals surface area contributed by atoms with Crippen molar-refractivity contribution in [2.45, 2.75) is 4.90 Å². The lowest BCUT2D eigenvalue weighted by Crippen LogP contribution is -1.90. The molecule has 0 fully saturated rings. The lowest BCUT2D eigenvalue weighted by Gasteiger charge is -1.95. The van der Waals surface area contributed by atoms with Crippen molar-refractivity contribution in [3.8, 4) is 0 Å². The maximum Gasteiger partial charge on any atom is 0.262 e. The molecule has 0 aliphatic heterocycles. The minimum Gasteiger partial charge on any atom is -0.278 e. The van der Waals surface area contributed by atoms with E-state index in [0.29, 0.717) is 10.9 Å². The second-order valence-corrected chi connectivity index (χ2v) is 5.06. The minimum atomic E-state index is -3.69.